The van der Waals surface area contributed by atoms with Gasteiger partial charge in [0.2, 0.25) is 9.84 Å². The van der Waals surface area contributed by atoms with E-state index in [9.17, 15) is 23.4 Å². The van der Waals surface area contributed by atoms with Crippen LogP contribution >= 0.6 is 24.0 Å². The Morgan fingerprint density at radius 1 is 1.06 bits per heavy atom. The zero-order valence-electron chi connectivity index (χ0n) is 19.4. The van der Waals surface area contributed by atoms with Gasteiger partial charge in [-0.2, -0.15) is 0 Å². The minimum atomic E-state index is -3.94. The van der Waals surface area contributed by atoms with E-state index in [-0.39, 0.29) is 40.1 Å². The first-order valence-electron chi connectivity index (χ1n) is 10.8. The number of nitrogens with one attached hydrogen (secondary N) is 1. The van der Waals surface area contributed by atoms with Gasteiger partial charge in [0, 0.05) is 18.1 Å². The van der Waals surface area contributed by atoms with Crippen LogP contribution < -0.4 is 10.1 Å². The molecule has 3 rings (SSSR count). The van der Waals surface area contributed by atoms with Crippen LogP contribution in [0.1, 0.15) is 28.9 Å². The van der Waals surface area contributed by atoms with Crippen molar-refractivity contribution in [3.63, 3.8) is 0 Å². The Bertz CT molecular complexity index is 1270. The molecule has 0 unspecified atom stereocenters. The quantitative estimate of drug-likeness (QED) is 0.238. The minimum Gasteiger partial charge on any atom is -0.507 e. The molecule has 0 spiro atoms. The van der Waals surface area contributed by atoms with Crippen molar-refractivity contribution in [2.24, 2.45) is 0 Å². The van der Waals surface area contributed by atoms with Gasteiger partial charge < -0.3 is 25.0 Å². The van der Waals surface area contributed by atoms with Crippen LogP contribution in [0, 0.1) is 0 Å². The number of halogens is 2. The molecule has 0 bridgehead atoms. The molecule has 0 heterocycles. The number of carbonyl (C=O) groups is 1. The summed E-state index contributed by atoms with van der Waals surface area (Å²) < 4.78 is 36.4. The normalized spacial score (nSPS) is 11.9. The summed E-state index contributed by atoms with van der Waals surface area (Å²) in [4.78, 5) is 11.8. The van der Waals surface area contributed by atoms with E-state index in [1.807, 2.05) is 0 Å². The van der Waals surface area contributed by atoms with Crippen molar-refractivity contribution in [3.8, 4) is 11.5 Å². The molecule has 0 amide bonds. The number of aliphatic hydroxyl groups is 1. The molecule has 0 fully saturated rings. The highest BCUT2D eigenvalue weighted by Gasteiger charge is 2.22. The lowest BCUT2D eigenvalue weighted by Gasteiger charge is -2.13. The average molecular weight is 556 g/mol. The van der Waals surface area contributed by atoms with E-state index in [0.717, 1.165) is 12.1 Å². The van der Waals surface area contributed by atoms with E-state index in [0.29, 0.717) is 36.0 Å². The maximum atomic E-state index is 13.0. The van der Waals surface area contributed by atoms with Gasteiger partial charge in [-0.1, -0.05) is 23.7 Å². The monoisotopic (exact) mass is 555 g/mol. The van der Waals surface area contributed by atoms with Gasteiger partial charge in [-0.15, -0.1) is 12.4 Å². The molecule has 0 aliphatic heterocycles. The lowest BCUT2D eigenvalue weighted by molar-refractivity contribution is 0.0522. The lowest BCUT2D eigenvalue weighted by atomic mass is 10.1. The second-order valence-corrected chi connectivity index (χ2v) is 9.88. The first-order valence-corrected chi connectivity index (χ1v) is 12.7. The Labute approximate surface area is 221 Å². The third kappa shape index (κ3) is 7.59. The largest absolute Gasteiger partial charge is 0.507 e. The number of benzene rings is 3. The van der Waals surface area contributed by atoms with Crippen LogP contribution in [-0.2, 0) is 14.6 Å². The molecule has 3 aromatic carbocycles. The summed E-state index contributed by atoms with van der Waals surface area (Å²) in [6.45, 7) is 2.78. The number of phenolic OH excluding ortho intramolecular Hbond substituents is 1. The van der Waals surface area contributed by atoms with Crippen LogP contribution in [0.15, 0.2) is 76.5 Å². The summed E-state index contributed by atoms with van der Waals surface area (Å²) in [7, 11) is -3.94. The molecule has 0 aliphatic rings. The molecule has 0 saturated carbocycles. The number of carbonyl (C=O) groups excluding carboxylic acids is 1. The van der Waals surface area contributed by atoms with Gasteiger partial charge in [0.05, 0.1) is 22.5 Å². The van der Waals surface area contributed by atoms with Crippen molar-refractivity contribution >= 4 is 39.8 Å². The highest BCUT2D eigenvalue weighted by atomic mass is 35.5. The Hall–Kier alpha value is -2.82. The Morgan fingerprint density at radius 2 is 1.75 bits per heavy atom. The summed E-state index contributed by atoms with van der Waals surface area (Å²) in [5.74, 6) is -0.696. The number of hydrogen-bond acceptors (Lipinski definition) is 8. The molecule has 1 atom stereocenters. The number of esters is 1. The molecule has 0 saturated heterocycles. The fraction of sp³-hybridized carbons (Fsp3) is 0.240. The summed E-state index contributed by atoms with van der Waals surface area (Å²) in [6, 6.07) is 16.3. The van der Waals surface area contributed by atoms with E-state index in [4.69, 9.17) is 21.1 Å². The Balaban J connectivity index is 0.00000456. The molecule has 36 heavy (non-hydrogen) atoms. The summed E-state index contributed by atoms with van der Waals surface area (Å²) in [5, 5.41) is 23.7. The van der Waals surface area contributed by atoms with Gasteiger partial charge in [-0.05, 0) is 67.1 Å². The van der Waals surface area contributed by atoms with Gasteiger partial charge in [0.15, 0.2) is 0 Å². The summed E-state index contributed by atoms with van der Waals surface area (Å²) in [5.41, 5.74) is 0.492. The molecule has 3 aromatic rings. The van der Waals surface area contributed by atoms with Crippen LogP contribution in [0.4, 0.5) is 0 Å². The fourth-order valence-corrected chi connectivity index (χ4v) is 4.70. The average Bonchev–Trinajstić information content (AvgIpc) is 2.84. The number of sulfone groups is 1. The number of rotatable bonds is 11. The van der Waals surface area contributed by atoms with Crippen LogP contribution in [-0.4, -0.2) is 50.9 Å². The maximum Gasteiger partial charge on any atom is 0.341 e. The second-order valence-electron chi connectivity index (χ2n) is 7.50. The highest BCUT2D eigenvalue weighted by molar-refractivity contribution is 7.91. The van der Waals surface area contributed by atoms with Crippen LogP contribution in [0.2, 0.25) is 5.02 Å². The molecule has 0 aromatic heterocycles. The van der Waals surface area contributed by atoms with Crippen molar-refractivity contribution in [1.29, 1.82) is 0 Å². The molecule has 0 aliphatic carbocycles. The van der Waals surface area contributed by atoms with Crippen LogP contribution in [0.3, 0.4) is 0 Å². The van der Waals surface area contributed by atoms with Gasteiger partial charge in [0.1, 0.15) is 23.7 Å². The standard InChI is InChI=1S/C25H26ClNO7S.ClH/c1-2-33-25(30)22-15-21(10-11-23(22)28)35(31,32)20-8-6-19(7-9-20)34-13-12-27-16-24(29)17-4-3-5-18(26)14-17;/h3-11,14-15,24,27-29H,2,12-13,16H2,1H3;1H/t24-;/m0./s1. The second kappa shape index (κ2) is 13.5. The molecule has 3 N–H and O–H groups in total. The van der Waals surface area contributed by atoms with E-state index >= 15 is 0 Å². The maximum absolute atomic E-state index is 13.0. The fourth-order valence-electron chi connectivity index (χ4n) is 3.22. The van der Waals surface area contributed by atoms with E-state index in [1.165, 1.54) is 30.3 Å². The molecular weight excluding hydrogens is 529 g/mol. The number of aliphatic hydroxyl groups excluding tert-OH is 1. The minimum absolute atomic E-state index is 0. The van der Waals surface area contributed by atoms with Gasteiger partial charge >= 0.3 is 5.97 Å². The molecular formula is C25H27Cl2NO7S. The van der Waals surface area contributed by atoms with Crippen molar-refractivity contribution in [2.75, 3.05) is 26.3 Å². The van der Waals surface area contributed by atoms with Crippen molar-refractivity contribution < 1.29 is 32.9 Å². The first-order chi connectivity index (χ1) is 16.7. The number of ether oxygens (including phenoxy) is 2. The SMILES string of the molecule is CCOC(=O)c1cc(S(=O)(=O)c2ccc(OCCNC[C@H](O)c3cccc(Cl)c3)cc2)ccc1O.Cl. The van der Waals surface area contributed by atoms with Gasteiger partial charge in [-0.25, -0.2) is 13.2 Å². The number of hydrogen-bond donors (Lipinski definition) is 3. The van der Waals surface area contributed by atoms with E-state index in [1.54, 1.807) is 31.2 Å². The van der Waals surface area contributed by atoms with E-state index < -0.39 is 21.9 Å². The van der Waals surface area contributed by atoms with E-state index in [2.05, 4.69) is 5.32 Å². The predicted molar refractivity (Wildman–Crippen MR) is 138 cm³/mol. The molecule has 11 heteroatoms. The number of aromatic hydroxyl groups is 1. The Kier molecular flexibility index (Phi) is 11.0. The lowest BCUT2D eigenvalue weighted by Crippen LogP contribution is -2.26. The third-order valence-corrected chi connectivity index (χ3v) is 7.03. The van der Waals surface area contributed by atoms with Crippen molar-refractivity contribution in [2.45, 2.75) is 22.8 Å². The van der Waals surface area contributed by atoms with Crippen molar-refractivity contribution in [1.82, 2.24) is 5.32 Å². The van der Waals surface area contributed by atoms with Crippen molar-refractivity contribution in [3.05, 3.63) is 82.9 Å². The zero-order chi connectivity index (χ0) is 25.4. The first kappa shape index (κ1) is 29.4. The molecule has 0 radical (unpaired) electrons. The predicted octanol–water partition coefficient (Wildman–Crippen LogP) is 4.18. The topological polar surface area (TPSA) is 122 Å². The van der Waals surface area contributed by atoms with Gasteiger partial charge in [0.25, 0.3) is 0 Å². The zero-order valence-corrected chi connectivity index (χ0v) is 21.8. The smallest absolute Gasteiger partial charge is 0.341 e. The van der Waals surface area contributed by atoms with Gasteiger partial charge in [-0.3, -0.25) is 0 Å². The van der Waals surface area contributed by atoms with Crippen LogP contribution in [0.5, 0.6) is 11.5 Å². The number of phenols is 1. The Morgan fingerprint density at radius 3 is 2.42 bits per heavy atom. The summed E-state index contributed by atoms with van der Waals surface area (Å²) >= 11 is 5.93. The summed E-state index contributed by atoms with van der Waals surface area (Å²) in [6.07, 6.45) is -0.706. The molecule has 194 valence electrons. The van der Waals surface area contributed by atoms with Crippen LogP contribution in [0.25, 0.3) is 0 Å². The molecule has 8 nitrogen and oxygen atoms in total. The highest BCUT2D eigenvalue weighted by Crippen LogP contribution is 2.27. The third-order valence-electron chi connectivity index (χ3n) is 5.03.